The first-order valence-corrected chi connectivity index (χ1v) is 15.9. The molecule has 0 saturated heterocycles. The van der Waals surface area contributed by atoms with Crippen LogP contribution in [0, 0.1) is 0 Å². The molecular weight excluding hydrogens is 605 g/mol. The van der Waals surface area contributed by atoms with E-state index < -0.39 is 0 Å². The second-order valence-corrected chi connectivity index (χ2v) is 11.6. The van der Waals surface area contributed by atoms with Gasteiger partial charge in [-0.2, -0.15) is 4.98 Å². The fourth-order valence-corrected chi connectivity index (χ4v) is 5.97. The van der Waals surface area contributed by atoms with Crippen LogP contribution in [0.25, 0.3) is 67.6 Å². The standard InChI is InChI=1S/C41H25N8/c1-3-9-29(10-4-1)38-45-35(27-18-16-26(17-19-27)31-14-7-13-28-22-24-43-37(28)31)25-36(46-38)41-48-39(30-11-5-2-6-12-30)47-40(49-41)34-21-20-33(44-34)32-15-8-23-42-32/h1-25H/q+1/p+1. The number of aromatic nitrogens is 6. The largest absolute Gasteiger partial charge is 0.417 e. The van der Waals surface area contributed by atoms with E-state index in [2.05, 4.69) is 58.2 Å². The maximum absolute atomic E-state index is 5.03. The third-order valence-corrected chi connectivity index (χ3v) is 8.42. The van der Waals surface area contributed by atoms with Crippen LogP contribution in [-0.4, -0.2) is 53.3 Å². The first kappa shape index (κ1) is 28.1. The third-order valence-electron chi connectivity index (χ3n) is 8.42. The molecular formula is C41H26N8+2. The molecule has 3 aromatic heterocycles. The van der Waals surface area contributed by atoms with Crippen LogP contribution < -0.4 is 9.34 Å². The van der Waals surface area contributed by atoms with Gasteiger partial charge in [0.15, 0.2) is 17.5 Å². The van der Waals surface area contributed by atoms with E-state index >= 15 is 0 Å². The van der Waals surface area contributed by atoms with Gasteiger partial charge in [-0.1, -0.05) is 112 Å². The number of benzene rings is 4. The minimum Gasteiger partial charge on any atom is -0.361 e. The van der Waals surface area contributed by atoms with Crippen LogP contribution in [0.15, 0.2) is 146 Å². The van der Waals surface area contributed by atoms with E-state index in [-0.39, 0.29) is 0 Å². The SMILES string of the molecule is C1=CC(C2=[N+]=C(c3nc(-c4ccccc4)nc(-c4cc(-c5ccc(-c6cccc7cc[nH]c67)cc5)nc(-c5ccccc5)n4)n3)C=C2)=[N+]=C1. The molecule has 4 aromatic carbocycles. The van der Waals surface area contributed by atoms with E-state index in [9.17, 15) is 0 Å². The molecule has 7 aromatic rings. The Kier molecular flexibility index (Phi) is 6.84. The second-order valence-electron chi connectivity index (χ2n) is 11.6. The predicted molar refractivity (Wildman–Crippen MR) is 197 cm³/mol. The van der Waals surface area contributed by atoms with Crippen LogP contribution in [0.5, 0.6) is 0 Å². The maximum Gasteiger partial charge on any atom is 0.417 e. The van der Waals surface area contributed by atoms with Gasteiger partial charge in [0.25, 0.3) is 6.21 Å². The Morgan fingerprint density at radius 3 is 1.90 bits per heavy atom. The van der Waals surface area contributed by atoms with Gasteiger partial charge in [-0.25, -0.2) is 19.9 Å². The van der Waals surface area contributed by atoms with Gasteiger partial charge >= 0.3 is 17.1 Å². The number of aromatic amines is 1. The molecule has 2 aliphatic rings. The fourth-order valence-electron chi connectivity index (χ4n) is 5.97. The van der Waals surface area contributed by atoms with Crippen molar-refractivity contribution in [2.24, 2.45) is 0 Å². The zero-order chi connectivity index (χ0) is 32.6. The van der Waals surface area contributed by atoms with E-state index in [1.165, 1.54) is 5.39 Å². The van der Waals surface area contributed by atoms with Crippen LogP contribution in [-0.2, 0) is 0 Å². The summed E-state index contributed by atoms with van der Waals surface area (Å²) in [5.74, 6) is 1.98. The quantitative estimate of drug-likeness (QED) is 0.203. The number of nitrogens with one attached hydrogen (secondary N) is 1. The molecule has 0 spiro atoms. The summed E-state index contributed by atoms with van der Waals surface area (Å²) in [5, 5.41) is 1.18. The highest BCUT2D eigenvalue weighted by Crippen LogP contribution is 2.31. The van der Waals surface area contributed by atoms with Crippen molar-refractivity contribution in [3.63, 3.8) is 0 Å². The number of allylic oxidation sites excluding steroid dienone is 4. The summed E-state index contributed by atoms with van der Waals surface area (Å²) >= 11 is 0. The van der Waals surface area contributed by atoms with E-state index in [1.54, 1.807) is 6.21 Å². The molecule has 0 amide bonds. The Balaban J connectivity index is 1.19. The number of hydrogen-bond acceptors (Lipinski definition) is 5. The molecule has 0 radical (unpaired) electrons. The Morgan fingerprint density at radius 2 is 1.14 bits per heavy atom. The molecule has 8 nitrogen and oxygen atoms in total. The first-order chi connectivity index (χ1) is 24.2. The van der Waals surface area contributed by atoms with Gasteiger partial charge in [0, 0.05) is 52.8 Å². The Morgan fingerprint density at radius 1 is 0.469 bits per heavy atom. The van der Waals surface area contributed by atoms with Crippen LogP contribution in [0.4, 0.5) is 0 Å². The average molecular weight is 631 g/mol. The lowest BCUT2D eigenvalue weighted by Gasteiger charge is -2.10. The molecule has 0 aliphatic carbocycles. The second kappa shape index (κ2) is 11.9. The molecule has 0 unspecified atom stereocenters. The molecule has 0 atom stereocenters. The molecule has 2 aliphatic heterocycles. The van der Waals surface area contributed by atoms with Crippen molar-refractivity contribution < 1.29 is 0 Å². The van der Waals surface area contributed by atoms with Crippen molar-refractivity contribution in [3.8, 4) is 56.7 Å². The van der Waals surface area contributed by atoms with Crippen molar-refractivity contribution in [2.45, 2.75) is 0 Å². The van der Waals surface area contributed by atoms with Crippen LogP contribution in [0.1, 0.15) is 5.82 Å². The highest BCUT2D eigenvalue weighted by Gasteiger charge is 2.32. The van der Waals surface area contributed by atoms with E-state index in [0.717, 1.165) is 50.5 Å². The summed E-state index contributed by atoms with van der Waals surface area (Å²) in [6.07, 6.45) is 11.4. The molecule has 0 fully saturated rings. The minimum atomic E-state index is 0.427. The van der Waals surface area contributed by atoms with Gasteiger partial charge in [0.2, 0.25) is 5.82 Å². The van der Waals surface area contributed by atoms with Crippen molar-refractivity contribution in [2.75, 3.05) is 0 Å². The highest BCUT2D eigenvalue weighted by atomic mass is 15.1. The molecule has 5 heterocycles. The summed E-state index contributed by atoms with van der Waals surface area (Å²) < 4.78 is 9.22. The summed E-state index contributed by atoms with van der Waals surface area (Å²) in [4.78, 5) is 28.2. The topological polar surface area (TPSA) is 108 Å². The fraction of sp³-hybridized carbons (Fsp3) is 0. The minimum absolute atomic E-state index is 0.427. The van der Waals surface area contributed by atoms with Crippen LogP contribution in [0.3, 0.4) is 0 Å². The lowest BCUT2D eigenvalue weighted by molar-refractivity contribution is 1.03. The van der Waals surface area contributed by atoms with Crippen LogP contribution in [0.2, 0.25) is 0 Å². The van der Waals surface area contributed by atoms with Crippen molar-refractivity contribution >= 4 is 34.3 Å². The highest BCUT2D eigenvalue weighted by molar-refractivity contribution is 6.52. The van der Waals surface area contributed by atoms with Gasteiger partial charge < -0.3 is 4.98 Å². The smallest absolute Gasteiger partial charge is 0.361 e. The molecule has 228 valence electrons. The summed E-state index contributed by atoms with van der Waals surface area (Å²) in [6.45, 7) is 0. The van der Waals surface area contributed by atoms with Gasteiger partial charge in [0.1, 0.15) is 5.69 Å². The normalized spacial score (nSPS) is 13.2. The Bertz CT molecular complexity index is 2600. The Hall–Kier alpha value is -7.11. The van der Waals surface area contributed by atoms with E-state index in [0.29, 0.717) is 34.7 Å². The van der Waals surface area contributed by atoms with Gasteiger partial charge in [-0.3, -0.25) is 0 Å². The van der Waals surface area contributed by atoms with E-state index in [1.807, 2.05) is 97.2 Å². The van der Waals surface area contributed by atoms with Crippen molar-refractivity contribution in [1.29, 1.82) is 0 Å². The number of rotatable bonds is 7. The lowest BCUT2D eigenvalue weighted by atomic mass is 10.0. The number of fused-ring (bicyclic) bond motifs is 1. The number of hydrogen-bond donors (Lipinski definition) is 1. The molecule has 9 rings (SSSR count). The molecule has 1 N–H and O–H groups in total. The van der Waals surface area contributed by atoms with Gasteiger partial charge in [0.05, 0.1) is 11.2 Å². The average Bonchev–Trinajstić information content (AvgIpc) is 3.98. The van der Waals surface area contributed by atoms with Crippen LogP contribution >= 0.6 is 0 Å². The number of para-hydroxylation sites is 1. The maximum atomic E-state index is 5.03. The van der Waals surface area contributed by atoms with Gasteiger partial charge in [-0.05, 0) is 23.1 Å². The number of nitrogens with zero attached hydrogens (tertiary/aromatic N) is 7. The van der Waals surface area contributed by atoms with Gasteiger partial charge in [-0.15, -0.1) is 0 Å². The molecule has 0 bridgehead atoms. The summed E-state index contributed by atoms with van der Waals surface area (Å²) in [5.41, 5.74) is 9.60. The first-order valence-electron chi connectivity index (χ1n) is 15.9. The van der Waals surface area contributed by atoms with Crippen molar-refractivity contribution in [1.82, 2.24) is 39.2 Å². The lowest BCUT2D eigenvalue weighted by Crippen LogP contribution is -2.14. The Labute approximate surface area is 281 Å². The molecule has 0 saturated carbocycles. The number of H-pyrrole nitrogens is 1. The molecule has 8 heteroatoms. The predicted octanol–water partition coefficient (Wildman–Crippen LogP) is 6.49. The summed E-state index contributed by atoms with van der Waals surface area (Å²) in [7, 11) is 0. The monoisotopic (exact) mass is 630 g/mol. The summed E-state index contributed by atoms with van der Waals surface area (Å²) in [6, 6.07) is 38.6. The molecule has 49 heavy (non-hydrogen) atoms. The zero-order valence-corrected chi connectivity index (χ0v) is 26.1. The zero-order valence-electron chi connectivity index (χ0n) is 26.1. The van der Waals surface area contributed by atoms with E-state index in [4.69, 9.17) is 29.6 Å². The van der Waals surface area contributed by atoms with Crippen molar-refractivity contribution in [3.05, 3.63) is 152 Å². The third kappa shape index (κ3) is 5.41.